The zero-order valence-corrected chi connectivity index (χ0v) is 12.0. The van der Waals surface area contributed by atoms with Crippen LogP contribution in [0.2, 0.25) is 0 Å². The van der Waals surface area contributed by atoms with Crippen LogP contribution in [-0.2, 0) is 0 Å². The molecule has 0 saturated heterocycles. The summed E-state index contributed by atoms with van der Waals surface area (Å²) in [6.07, 6.45) is 4.07. The number of aliphatic hydroxyl groups excluding tert-OH is 1. The number of aliphatic hydroxyl groups is 1. The highest BCUT2D eigenvalue weighted by atomic mass is 16.5. The smallest absolute Gasteiger partial charge is 0.251 e. The Morgan fingerprint density at radius 2 is 2.20 bits per heavy atom. The van der Waals surface area contributed by atoms with Gasteiger partial charge < -0.3 is 15.2 Å². The van der Waals surface area contributed by atoms with Gasteiger partial charge in [0.1, 0.15) is 5.75 Å². The summed E-state index contributed by atoms with van der Waals surface area (Å²) in [6.45, 7) is 2.80. The van der Waals surface area contributed by atoms with E-state index in [4.69, 9.17) is 4.74 Å². The van der Waals surface area contributed by atoms with Crippen LogP contribution in [0, 0.1) is 5.92 Å². The molecule has 1 aromatic carbocycles. The van der Waals surface area contributed by atoms with Crippen molar-refractivity contribution < 1.29 is 14.6 Å². The monoisotopic (exact) mass is 277 g/mol. The molecule has 0 aromatic heterocycles. The summed E-state index contributed by atoms with van der Waals surface area (Å²) in [7, 11) is 0. The third-order valence-electron chi connectivity index (χ3n) is 3.82. The van der Waals surface area contributed by atoms with Gasteiger partial charge in [0.15, 0.2) is 0 Å². The first-order chi connectivity index (χ1) is 9.70. The molecule has 1 amide bonds. The molecule has 0 radical (unpaired) electrons. The van der Waals surface area contributed by atoms with Crippen molar-refractivity contribution >= 4 is 5.91 Å². The van der Waals surface area contributed by atoms with Crippen LogP contribution in [0.3, 0.4) is 0 Å². The van der Waals surface area contributed by atoms with Gasteiger partial charge in [0.25, 0.3) is 5.91 Å². The van der Waals surface area contributed by atoms with Crippen LogP contribution in [0.25, 0.3) is 0 Å². The SMILES string of the molecule is CCOc1cccc(C(=O)NCC(O)C2CCCC2)c1. The summed E-state index contributed by atoms with van der Waals surface area (Å²) < 4.78 is 5.37. The zero-order chi connectivity index (χ0) is 14.4. The van der Waals surface area contributed by atoms with E-state index in [1.54, 1.807) is 18.2 Å². The lowest BCUT2D eigenvalue weighted by molar-refractivity contribution is 0.0840. The third kappa shape index (κ3) is 3.97. The number of hydrogen-bond donors (Lipinski definition) is 2. The number of amides is 1. The van der Waals surface area contributed by atoms with E-state index in [9.17, 15) is 9.90 Å². The largest absolute Gasteiger partial charge is 0.494 e. The van der Waals surface area contributed by atoms with Gasteiger partial charge in [-0.25, -0.2) is 0 Å². The molecule has 1 aliphatic rings. The lowest BCUT2D eigenvalue weighted by Crippen LogP contribution is -2.35. The molecule has 0 spiro atoms. The van der Waals surface area contributed by atoms with Crippen molar-refractivity contribution in [1.29, 1.82) is 0 Å². The van der Waals surface area contributed by atoms with Crippen LogP contribution in [0.5, 0.6) is 5.75 Å². The molecule has 1 atom stereocenters. The van der Waals surface area contributed by atoms with Crippen molar-refractivity contribution in [1.82, 2.24) is 5.32 Å². The van der Waals surface area contributed by atoms with Crippen LogP contribution in [-0.4, -0.2) is 30.3 Å². The van der Waals surface area contributed by atoms with Gasteiger partial charge in [0.05, 0.1) is 12.7 Å². The number of benzene rings is 1. The summed E-state index contributed by atoms with van der Waals surface area (Å²) in [6, 6.07) is 7.10. The molecule has 20 heavy (non-hydrogen) atoms. The average Bonchev–Trinajstić information content (AvgIpc) is 2.99. The third-order valence-corrected chi connectivity index (χ3v) is 3.82. The fraction of sp³-hybridized carbons (Fsp3) is 0.562. The number of carbonyl (C=O) groups is 1. The molecule has 110 valence electrons. The Hall–Kier alpha value is -1.55. The molecule has 0 aliphatic heterocycles. The van der Waals surface area contributed by atoms with E-state index in [-0.39, 0.29) is 5.91 Å². The van der Waals surface area contributed by atoms with E-state index >= 15 is 0 Å². The predicted molar refractivity (Wildman–Crippen MR) is 77.9 cm³/mol. The second kappa shape index (κ2) is 7.29. The van der Waals surface area contributed by atoms with Crippen LogP contribution >= 0.6 is 0 Å². The zero-order valence-electron chi connectivity index (χ0n) is 12.0. The summed E-state index contributed by atoms with van der Waals surface area (Å²) in [5.41, 5.74) is 0.564. The molecule has 1 fully saturated rings. The van der Waals surface area contributed by atoms with E-state index in [1.807, 2.05) is 13.0 Å². The van der Waals surface area contributed by atoms with Crippen molar-refractivity contribution in [2.45, 2.75) is 38.7 Å². The minimum Gasteiger partial charge on any atom is -0.494 e. The minimum atomic E-state index is -0.434. The van der Waals surface area contributed by atoms with E-state index in [2.05, 4.69) is 5.32 Å². The van der Waals surface area contributed by atoms with Crippen molar-refractivity contribution in [2.24, 2.45) is 5.92 Å². The van der Waals surface area contributed by atoms with E-state index in [0.717, 1.165) is 12.8 Å². The minimum absolute atomic E-state index is 0.163. The fourth-order valence-electron chi connectivity index (χ4n) is 2.70. The molecule has 0 heterocycles. The normalized spacial score (nSPS) is 16.9. The molecule has 1 aromatic rings. The first kappa shape index (κ1) is 14.9. The molecule has 2 N–H and O–H groups in total. The van der Waals surface area contributed by atoms with Crippen molar-refractivity contribution in [3.05, 3.63) is 29.8 Å². The molecule has 2 rings (SSSR count). The van der Waals surface area contributed by atoms with Gasteiger partial charge in [-0.1, -0.05) is 18.9 Å². The maximum absolute atomic E-state index is 12.0. The van der Waals surface area contributed by atoms with E-state index in [0.29, 0.717) is 30.4 Å². The lowest BCUT2D eigenvalue weighted by Gasteiger charge is -2.18. The number of ether oxygens (including phenoxy) is 1. The maximum Gasteiger partial charge on any atom is 0.251 e. The number of rotatable bonds is 6. The Bertz CT molecular complexity index is 441. The van der Waals surface area contributed by atoms with E-state index < -0.39 is 6.10 Å². The summed E-state index contributed by atoms with van der Waals surface area (Å²) >= 11 is 0. The highest BCUT2D eigenvalue weighted by Gasteiger charge is 2.23. The predicted octanol–water partition coefficient (Wildman–Crippen LogP) is 2.37. The lowest BCUT2D eigenvalue weighted by atomic mass is 10.0. The molecule has 4 heteroatoms. The molecular weight excluding hydrogens is 254 g/mol. The molecule has 1 unspecified atom stereocenters. The van der Waals surface area contributed by atoms with Gasteiger partial charge in [-0.2, -0.15) is 0 Å². The molecule has 0 bridgehead atoms. The number of carbonyl (C=O) groups excluding carboxylic acids is 1. The van der Waals surface area contributed by atoms with Crippen molar-refractivity contribution in [3.63, 3.8) is 0 Å². The fourth-order valence-corrected chi connectivity index (χ4v) is 2.70. The highest BCUT2D eigenvalue weighted by molar-refractivity contribution is 5.94. The Balaban J connectivity index is 1.86. The second-order valence-corrected chi connectivity index (χ2v) is 5.28. The van der Waals surface area contributed by atoms with Gasteiger partial charge in [-0.15, -0.1) is 0 Å². The van der Waals surface area contributed by atoms with E-state index in [1.165, 1.54) is 12.8 Å². The van der Waals surface area contributed by atoms with Gasteiger partial charge >= 0.3 is 0 Å². The Labute approximate surface area is 120 Å². The standard InChI is InChI=1S/C16H23NO3/c1-2-20-14-9-5-8-13(10-14)16(19)17-11-15(18)12-6-3-4-7-12/h5,8-10,12,15,18H,2-4,6-7,11H2,1H3,(H,17,19). The van der Waals surface area contributed by atoms with Crippen LogP contribution in [0.15, 0.2) is 24.3 Å². The van der Waals surface area contributed by atoms with Crippen molar-refractivity contribution in [2.75, 3.05) is 13.2 Å². The molecular formula is C16H23NO3. The quantitative estimate of drug-likeness (QED) is 0.839. The Kier molecular flexibility index (Phi) is 5.41. The average molecular weight is 277 g/mol. The van der Waals surface area contributed by atoms with Crippen LogP contribution in [0.4, 0.5) is 0 Å². The maximum atomic E-state index is 12.0. The molecule has 4 nitrogen and oxygen atoms in total. The highest BCUT2D eigenvalue weighted by Crippen LogP contribution is 2.27. The van der Waals surface area contributed by atoms with Crippen molar-refractivity contribution in [3.8, 4) is 5.75 Å². The van der Waals surface area contributed by atoms with Crippen LogP contribution < -0.4 is 10.1 Å². The summed E-state index contributed by atoms with van der Waals surface area (Å²) in [5, 5.41) is 12.8. The summed E-state index contributed by atoms with van der Waals surface area (Å²) in [4.78, 5) is 12.0. The Morgan fingerprint density at radius 1 is 1.45 bits per heavy atom. The molecule has 1 saturated carbocycles. The second-order valence-electron chi connectivity index (χ2n) is 5.28. The van der Waals surface area contributed by atoms with Gasteiger partial charge in [-0.05, 0) is 43.9 Å². The number of nitrogens with one attached hydrogen (secondary N) is 1. The first-order valence-electron chi connectivity index (χ1n) is 7.40. The summed E-state index contributed by atoms with van der Waals surface area (Å²) in [5.74, 6) is 0.866. The van der Waals surface area contributed by atoms with Gasteiger partial charge in [0.2, 0.25) is 0 Å². The first-order valence-corrected chi connectivity index (χ1v) is 7.40. The Morgan fingerprint density at radius 3 is 2.90 bits per heavy atom. The van der Waals surface area contributed by atoms with Gasteiger partial charge in [0, 0.05) is 12.1 Å². The topological polar surface area (TPSA) is 58.6 Å². The van der Waals surface area contributed by atoms with Gasteiger partial charge in [-0.3, -0.25) is 4.79 Å². The van der Waals surface area contributed by atoms with Crippen LogP contribution in [0.1, 0.15) is 43.0 Å². The number of hydrogen-bond acceptors (Lipinski definition) is 3. The molecule has 1 aliphatic carbocycles.